The number of quaternary nitrogens is 1. The van der Waals surface area contributed by atoms with Crippen molar-refractivity contribution >= 4 is 16.8 Å². The summed E-state index contributed by atoms with van der Waals surface area (Å²) in [6.45, 7) is 1.53. The molecule has 0 radical (unpaired) electrons. The van der Waals surface area contributed by atoms with Crippen LogP contribution in [0.1, 0.15) is 23.5 Å². The Labute approximate surface area is 171 Å². The third-order valence-corrected chi connectivity index (χ3v) is 5.14. The van der Waals surface area contributed by atoms with E-state index in [0.717, 1.165) is 28.6 Å². The number of amides is 1. The Bertz CT molecular complexity index is 965. The number of benzene rings is 2. The molecule has 3 rings (SSSR count). The van der Waals surface area contributed by atoms with E-state index in [4.69, 9.17) is 9.47 Å². The van der Waals surface area contributed by atoms with Gasteiger partial charge in [0.05, 0.1) is 41.4 Å². The molecule has 2 aromatic carbocycles. The lowest BCUT2D eigenvalue weighted by Crippen LogP contribution is -3.06. The Morgan fingerprint density at radius 3 is 2.59 bits per heavy atom. The van der Waals surface area contributed by atoms with Crippen molar-refractivity contribution in [3.05, 3.63) is 59.8 Å². The minimum Gasteiger partial charge on any atom is -0.493 e. The van der Waals surface area contributed by atoms with Gasteiger partial charge in [-0.1, -0.05) is 30.3 Å². The van der Waals surface area contributed by atoms with Crippen LogP contribution in [0.3, 0.4) is 0 Å². The van der Waals surface area contributed by atoms with Crippen LogP contribution in [0.2, 0.25) is 0 Å². The molecule has 6 nitrogen and oxygen atoms in total. The van der Waals surface area contributed by atoms with Crippen molar-refractivity contribution in [2.45, 2.75) is 12.3 Å². The van der Waals surface area contributed by atoms with Crippen LogP contribution >= 0.6 is 0 Å². The molecule has 0 saturated heterocycles. The predicted octanol–water partition coefficient (Wildman–Crippen LogP) is 1.97. The van der Waals surface area contributed by atoms with Crippen molar-refractivity contribution < 1.29 is 19.2 Å². The quantitative estimate of drug-likeness (QED) is 0.518. The minimum atomic E-state index is -0.164. The van der Waals surface area contributed by atoms with Gasteiger partial charge in [0.2, 0.25) is 5.91 Å². The first-order valence-corrected chi connectivity index (χ1v) is 9.87. The maximum atomic E-state index is 12.8. The van der Waals surface area contributed by atoms with E-state index in [1.54, 1.807) is 14.2 Å². The molecule has 0 aliphatic rings. The number of aromatic amines is 1. The second kappa shape index (κ2) is 9.47. The van der Waals surface area contributed by atoms with Gasteiger partial charge in [-0.2, -0.15) is 0 Å². The van der Waals surface area contributed by atoms with E-state index < -0.39 is 0 Å². The Morgan fingerprint density at radius 2 is 1.86 bits per heavy atom. The van der Waals surface area contributed by atoms with Gasteiger partial charge in [0.25, 0.3) is 0 Å². The molecule has 1 heterocycles. The van der Waals surface area contributed by atoms with Crippen molar-refractivity contribution in [1.82, 2.24) is 10.3 Å². The maximum Gasteiger partial charge on any atom is 0.221 e. The van der Waals surface area contributed by atoms with Gasteiger partial charge >= 0.3 is 0 Å². The van der Waals surface area contributed by atoms with Crippen LogP contribution in [0, 0.1) is 0 Å². The van der Waals surface area contributed by atoms with Gasteiger partial charge in [-0.3, -0.25) is 4.79 Å². The molecule has 1 atom stereocenters. The van der Waals surface area contributed by atoms with Gasteiger partial charge in [0, 0.05) is 35.0 Å². The first-order chi connectivity index (χ1) is 14.0. The molecule has 6 heteroatoms. The summed E-state index contributed by atoms with van der Waals surface area (Å²) in [4.78, 5) is 17.4. The Hall–Kier alpha value is -2.99. The van der Waals surface area contributed by atoms with E-state index in [9.17, 15) is 4.79 Å². The number of rotatable bonds is 9. The molecule has 1 aromatic heterocycles. The van der Waals surface area contributed by atoms with Crippen molar-refractivity contribution in [1.29, 1.82) is 0 Å². The van der Waals surface area contributed by atoms with Crippen LogP contribution in [0.15, 0.2) is 48.7 Å². The topological polar surface area (TPSA) is 67.8 Å². The number of ether oxygens (including phenoxy) is 2. The highest BCUT2D eigenvalue weighted by Gasteiger charge is 2.26. The van der Waals surface area contributed by atoms with Crippen molar-refractivity contribution in [2.75, 3.05) is 41.4 Å². The highest BCUT2D eigenvalue weighted by atomic mass is 16.5. The summed E-state index contributed by atoms with van der Waals surface area (Å²) >= 11 is 0. The summed E-state index contributed by atoms with van der Waals surface area (Å²) in [6, 6.07) is 13.9. The number of methoxy groups -OCH3 is 2. The van der Waals surface area contributed by atoms with E-state index in [-0.39, 0.29) is 11.8 Å². The first kappa shape index (κ1) is 20.7. The molecule has 0 fully saturated rings. The van der Waals surface area contributed by atoms with Crippen molar-refractivity contribution in [2.24, 2.45) is 0 Å². The molecule has 3 aromatic rings. The molecule has 154 valence electrons. The normalized spacial score (nSPS) is 12.2. The third kappa shape index (κ3) is 4.71. The SMILES string of the molecule is COc1cccc([C@H](CC(=O)NCC[NH+](C)C)c2c[nH]c3ccccc23)c1OC. The maximum absolute atomic E-state index is 12.8. The van der Waals surface area contributed by atoms with E-state index in [0.29, 0.717) is 24.5 Å². The number of hydrogen-bond acceptors (Lipinski definition) is 3. The summed E-state index contributed by atoms with van der Waals surface area (Å²) in [5, 5.41) is 4.15. The van der Waals surface area contributed by atoms with Gasteiger partial charge in [0.15, 0.2) is 11.5 Å². The molecule has 0 saturated carbocycles. The van der Waals surface area contributed by atoms with E-state index in [1.807, 2.05) is 42.6 Å². The summed E-state index contributed by atoms with van der Waals surface area (Å²) in [7, 11) is 7.40. The smallest absolute Gasteiger partial charge is 0.221 e. The van der Waals surface area contributed by atoms with E-state index >= 15 is 0 Å². The lowest BCUT2D eigenvalue weighted by Gasteiger charge is -2.21. The van der Waals surface area contributed by atoms with Crippen molar-refractivity contribution in [3.63, 3.8) is 0 Å². The largest absolute Gasteiger partial charge is 0.493 e. The number of para-hydroxylation sites is 2. The Morgan fingerprint density at radius 1 is 1.07 bits per heavy atom. The zero-order chi connectivity index (χ0) is 20.8. The fraction of sp³-hybridized carbons (Fsp3) is 0.348. The average Bonchev–Trinajstić information content (AvgIpc) is 3.15. The fourth-order valence-corrected chi connectivity index (χ4v) is 3.67. The summed E-state index contributed by atoms with van der Waals surface area (Å²) in [5.41, 5.74) is 3.05. The van der Waals surface area contributed by atoms with Crippen LogP contribution in [-0.4, -0.2) is 52.3 Å². The minimum absolute atomic E-state index is 0.0198. The molecule has 0 aliphatic carbocycles. The van der Waals surface area contributed by atoms with Gasteiger partial charge in [-0.05, 0) is 17.7 Å². The molecule has 0 aliphatic heterocycles. The fourth-order valence-electron chi connectivity index (χ4n) is 3.67. The van der Waals surface area contributed by atoms with E-state index in [2.05, 4.69) is 30.5 Å². The van der Waals surface area contributed by atoms with Crippen LogP contribution in [-0.2, 0) is 4.79 Å². The lowest BCUT2D eigenvalue weighted by molar-refractivity contribution is -0.856. The van der Waals surface area contributed by atoms with Crippen LogP contribution < -0.4 is 19.7 Å². The Kier molecular flexibility index (Phi) is 6.77. The molecule has 0 unspecified atom stereocenters. The number of aromatic nitrogens is 1. The summed E-state index contributed by atoms with van der Waals surface area (Å²) in [5.74, 6) is 1.18. The number of likely N-dealkylation sites (N-methyl/N-ethyl adjacent to an activating group) is 1. The van der Waals surface area contributed by atoms with Gasteiger partial charge in [0.1, 0.15) is 0 Å². The zero-order valence-corrected chi connectivity index (χ0v) is 17.5. The van der Waals surface area contributed by atoms with Gasteiger partial charge in [-0.25, -0.2) is 0 Å². The van der Waals surface area contributed by atoms with Crippen LogP contribution in [0.4, 0.5) is 0 Å². The molecular weight excluding hydrogens is 366 g/mol. The number of carbonyl (C=O) groups is 1. The highest BCUT2D eigenvalue weighted by Crippen LogP contribution is 2.41. The lowest BCUT2D eigenvalue weighted by atomic mass is 9.87. The monoisotopic (exact) mass is 396 g/mol. The zero-order valence-electron chi connectivity index (χ0n) is 17.5. The number of carbonyl (C=O) groups excluding carboxylic acids is 1. The van der Waals surface area contributed by atoms with Crippen molar-refractivity contribution in [3.8, 4) is 11.5 Å². The number of fused-ring (bicyclic) bond motifs is 1. The number of nitrogens with one attached hydrogen (secondary N) is 3. The average molecular weight is 397 g/mol. The highest BCUT2D eigenvalue weighted by molar-refractivity contribution is 5.86. The molecule has 3 N–H and O–H groups in total. The molecule has 0 bridgehead atoms. The summed E-state index contributed by atoms with van der Waals surface area (Å²) < 4.78 is 11.2. The molecule has 0 spiro atoms. The van der Waals surface area contributed by atoms with E-state index in [1.165, 1.54) is 4.90 Å². The third-order valence-electron chi connectivity index (χ3n) is 5.14. The second-order valence-electron chi connectivity index (χ2n) is 7.44. The molecular formula is C23H30N3O3+. The molecule has 1 amide bonds. The molecule has 29 heavy (non-hydrogen) atoms. The number of hydrogen-bond donors (Lipinski definition) is 3. The second-order valence-corrected chi connectivity index (χ2v) is 7.44. The Balaban J connectivity index is 2.00. The van der Waals surface area contributed by atoms with Gasteiger partial charge in [-0.15, -0.1) is 0 Å². The summed E-state index contributed by atoms with van der Waals surface area (Å²) in [6.07, 6.45) is 2.32. The van der Waals surface area contributed by atoms with Crippen LogP contribution in [0.5, 0.6) is 11.5 Å². The standard InChI is InChI=1S/C23H29N3O3/c1-26(2)13-12-24-22(27)14-18(17-9-7-11-21(28-3)23(17)29-4)19-15-25-20-10-6-5-8-16(19)20/h5-11,15,18,25H,12-14H2,1-4H3,(H,24,27)/p+1/t18-/m0/s1. The van der Waals surface area contributed by atoms with Crippen LogP contribution in [0.25, 0.3) is 10.9 Å². The van der Waals surface area contributed by atoms with Gasteiger partial charge < -0.3 is 24.7 Å². The predicted molar refractivity (Wildman–Crippen MR) is 115 cm³/mol. The number of H-pyrrole nitrogens is 1. The first-order valence-electron chi connectivity index (χ1n) is 9.87.